The zero-order valence-electron chi connectivity index (χ0n) is 16.0. The van der Waals surface area contributed by atoms with E-state index < -0.39 is 0 Å². The number of carbonyl (C=O) groups excluding carboxylic acids is 1. The van der Waals surface area contributed by atoms with Crippen molar-refractivity contribution in [2.75, 3.05) is 0 Å². The van der Waals surface area contributed by atoms with Gasteiger partial charge in [-0.05, 0) is 50.9 Å². The summed E-state index contributed by atoms with van der Waals surface area (Å²) in [7, 11) is 1.92. The zero-order valence-corrected chi connectivity index (χ0v) is 16.8. The SMILES string of the molecule is CCn1c(C(=O)N(C2CC2)C2CC2)cc2c3nc[nH]c3c(=NC(N)=S)n(C)c21. The molecule has 2 aliphatic carbocycles. The van der Waals surface area contributed by atoms with Crippen LogP contribution in [0.2, 0.25) is 0 Å². The molecule has 0 aromatic carbocycles. The largest absolute Gasteiger partial charge is 0.374 e. The molecule has 3 aromatic rings. The Balaban J connectivity index is 1.79. The zero-order chi connectivity index (χ0) is 19.6. The van der Waals surface area contributed by atoms with Gasteiger partial charge in [0, 0.05) is 31.1 Å². The van der Waals surface area contributed by atoms with Crippen LogP contribution < -0.4 is 11.2 Å². The number of aromatic nitrogens is 4. The van der Waals surface area contributed by atoms with Gasteiger partial charge in [0.15, 0.2) is 10.6 Å². The van der Waals surface area contributed by atoms with Crippen LogP contribution in [0.5, 0.6) is 0 Å². The topological polar surface area (TPSA) is 97.2 Å². The number of hydrogen-bond acceptors (Lipinski definition) is 3. The van der Waals surface area contributed by atoms with E-state index in [9.17, 15) is 4.79 Å². The quantitative estimate of drug-likeness (QED) is 0.656. The van der Waals surface area contributed by atoms with E-state index in [0.29, 0.717) is 29.8 Å². The lowest BCUT2D eigenvalue weighted by Crippen LogP contribution is -2.36. The van der Waals surface area contributed by atoms with E-state index in [4.69, 9.17) is 18.0 Å². The van der Waals surface area contributed by atoms with Gasteiger partial charge in [-0.25, -0.2) is 9.98 Å². The molecule has 2 fully saturated rings. The number of nitrogens with two attached hydrogens (primary N) is 1. The average Bonchev–Trinajstić information content (AvgIpc) is 3.58. The first-order valence-electron chi connectivity index (χ1n) is 9.73. The van der Waals surface area contributed by atoms with E-state index in [2.05, 4.69) is 24.4 Å². The summed E-state index contributed by atoms with van der Waals surface area (Å²) in [5, 5.41) is 0.989. The van der Waals surface area contributed by atoms with Gasteiger partial charge < -0.3 is 24.8 Å². The third kappa shape index (κ3) is 2.56. The Labute approximate surface area is 167 Å². The number of amides is 1. The fraction of sp³-hybridized carbons (Fsp3) is 0.474. The van der Waals surface area contributed by atoms with Crippen molar-refractivity contribution in [1.82, 2.24) is 24.0 Å². The minimum atomic E-state index is 0.0606. The maximum absolute atomic E-state index is 13.5. The van der Waals surface area contributed by atoms with Crippen molar-refractivity contribution in [2.45, 2.75) is 51.2 Å². The highest BCUT2D eigenvalue weighted by atomic mass is 32.1. The van der Waals surface area contributed by atoms with Gasteiger partial charge in [0.05, 0.1) is 6.33 Å². The van der Waals surface area contributed by atoms with E-state index in [1.54, 1.807) is 6.33 Å². The van der Waals surface area contributed by atoms with Crippen LogP contribution in [-0.2, 0) is 13.6 Å². The standard InChI is InChI=1S/C19H23N7OS/c1-3-25-13(18(27)26(10-4-5-10)11-6-7-11)8-12-14-15(22-9-21-14)16(23-19(20)28)24(2)17(12)25/h8-11H,3-7H2,1-2H3,(H2,20,28)(H,21,22). The van der Waals surface area contributed by atoms with Gasteiger partial charge in [-0.3, -0.25) is 4.79 Å². The van der Waals surface area contributed by atoms with E-state index in [1.165, 1.54) is 0 Å². The van der Waals surface area contributed by atoms with E-state index >= 15 is 0 Å². The van der Waals surface area contributed by atoms with E-state index in [0.717, 1.165) is 47.8 Å². The Hall–Kier alpha value is -2.68. The number of rotatable bonds is 4. The van der Waals surface area contributed by atoms with Crippen molar-refractivity contribution in [3.63, 3.8) is 0 Å². The first kappa shape index (κ1) is 17.4. The number of thiocarbonyl (C=S) groups is 1. The normalized spacial score (nSPS) is 17.6. The first-order valence-corrected chi connectivity index (χ1v) is 10.1. The fourth-order valence-corrected chi connectivity index (χ4v) is 4.30. The molecule has 1 amide bonds. The fourth-order valence-electron chi connectivity index (χ4n) is 4.21. The molecule has 3 heterocycles. The van der Waals surface area contributed by atoms with Crippen LogP contribution in [0.3, 0.4) is 0 Å². The monoisotopic (exact) mass is 397 g/mol. The second kappa shape index (κ2) is 6.16. The summed E-state index contributed by atoms with van der Waals surface area (Å²) in [5.74, 6) is 0.125. The van der Waals surface area contributed by atoms with Crippen molar-refractivity contribution in [1.29, 1.82) is 0 Å². The van der Waals surface area contributed by atoms with Crippen LogP contribution in [-0.4, -0.2) is 47.1 Å². The number of imidazole rings is 1. The summed E-state index contributed by atoms with van der Waals surface area (Å²) in [5.41, 5.74) is 9.44. The van der Waals surface area contributed by atoms with Crippen molar-refractivity contribution >= 4 is 45.3 Å². The number of nitrogens with zero attached hydrogens (tertiary/aromatic N) is 5. The average molecular weight is 398 g/mol. The lowest BCUT2D eigenvalue weighted by Gasteiger charge is -2.23. The molecule has 0 spiro atoms. The second-order valence-corrected chi connectivity index (χ2v) is 8.06. The van der Waals surface area contributed by atoms with E-state index in [1.807, 2.05) is 24.6 Å². The van der Waals surface area contributed by atoms with Crippen molar-refractivity contribution < 1.29 is 4.79 Å². The molecule has 28 heavy (non-hydrogen) atoms. The summed E-state index contributed by atoms with van der Waals surface area (Å²) in [6, 6.07) is 2.79. The molecule has 2 aliphatic rings. The van der Waals surface area contributed by atoms with Gasteiger partial charge in [-0.2, -0.15) is 0 Å². The lowest BCUT2D eigenvalue weighted by atomic mass is 10.2. The Bertz CT molecular complexity index is 1180. The molecule has 0 atom stereocenters. The molecule has 3 N–H and O–H groups in total. The Morgan fingerprint density at radius 3 is 2.64 bits per heavy atom. The molecule has 0 radical (unpaired) electrons. The Kier molecular flexibility index (Phi) is 3.84. The number of fused-ring (bicyclic) bond motifs is 3. The summed E-state index contributed by atoms with van der Waals surface area (Å²) in [4.78, 5) is 27.6. The van der Waals surface area contributed by atoms with Gasteiger partial charge in [-0.15, -0.1) is 0 Å². The molecule has 5 rings (SSSR count). The summed E-state index contributed by atoms with van der Waals surface area (Å²) >= 11 is 5.01. The van der Waals surface area contributed by atoms with Gasteiger partial charge >= 0.3 is 0 Å². The smallest absolute Gasteiger partial charge is 0.271 e. The van der Waals surface area contributed by atoms with Crippen LogP contribution >= 0.6 is 12.2 Å². The molecule has 0 aliphatic heterocycles. The van der Waals surface area contributed by atoms with Crippen LogP contribution in [0.25, 0.3) is 22.1 Å². The van der Waals surface area contributed by atoms with Crippen molar-refractivity contribution in [3.05, 3.63) is 23.6 Å². The predicted molar refractivity (Wildman–Crippen MR) is 111 cm³/mol. The van der Waals surface area contributed by atoms with Gasteiger partial charge in [0.1, 0.15) is 22.4 Å². The number of nitrogens with one attached hydrogen (secondary N) is 1. The predicted octanol–water partition coefficient (Wildman–Crippen LogP) is 1.79. The van der Waals surface area contributed by atoms with Gasteiger partial charge in [-0.1, -0.05) is 0 Å². The number of aromatic amines is 1. The third-order valence-corrected chi connectivity index (χ3v) is 5.78. The molecule has 0 bridgehead atoms. The minimum absolute atomic E-state index is 0.0606. The van der Waals surface area contributed by atoms with Crippen LogP contribution in [0, 0.1) is 0 Å². The Morgan fingerprint density at radius 2 is 2.07 bits per heavy atom. The summed E-state index contributed by atoms with van der Waals surface area (Å²) in [6.07, 6.45) is 6.09. The molecule has 0 saturated heterocycles. The number of aryl methyl sites for hydroxylation is 2. The van der Waals surface area contributed by atoms with Crippen LogP contribution in [0.1, 0.15) is 43.1 Å². The Morgan fingerprint density at radius 1 is 1.39 bits per heavy atom. The molecule has 146 valence electrons. The number of hydrogen-bond donors (Lipinski definition) is 2. The highest BCUT2D eigenvalue weighted by Crippen LogP contribution is 2.39. The van der Waals surface area contributed by atoms with Crippen molar-refractivity contribution in [3.8, 4) is 0 Å². The summed E-state index contributed by atoms with van der Waals surface area (Å²) < 4.78 is 4.00. The molecule has 0 unspecified atom stereocenters. The number of H-pyrrole nitrogens is 1. The second-order valence-electron chi connectivity index (χ2n) is 7.64. The lowest BCUT2D eigenvalue weighted by molar-refractivity contribution is 0.0719. The van der Waals surface area contributed by atoms with Gasteiger partial charge in [0.2, 0.25) is 0 Å². The third-order valence-electron chi connectivity index (χ3n) is 5.69. The maximum atomic E-state index is 13.5. The molecule has 8 nitrogen and oxygen atoms in total. The molecular weight excluding hydrogens is 374 g/mol. The summed E-state index contributed by atoms with van der Waals surface area (Å²) in [6.45, 7) is 2.72. The highest BCUT2D eigenvalue weighted by molar-refractivity contribution is 7.80. The molecule has 2 saturated carbocycles. The number of pyridine rings is 1. The van der Waals surface area contributed by atoms with Gasteiger partial charge in [0.25, 0.3) is 5.91 Å². The van der Waals surface area contributed by atoms with Crippen LogP contribution in [0.4, 0.5) is 0 Å². The molecular formula is C19H23N7OS. The minimum Gasteiger partial charge on any atom is -0.374 e. The molecule has 3 aromatic heterocycles. The highest BCUT2D eigenvalue weighted by Gasteiger charge is 2.43. The first-order chi connectivity index (χ1) is 13.5. The van der Waals surface area contributed by atoms with Crippen molar-refractivity contribution in [2.24, 2.45) is 17.8 Å². The molecule has 9 heteroatoms. The maximum Gasteiger partial charge on any atom is 0.271 e. The van der Waals surface area contributed by atoms with Crippen LogP contribution in [0.15, 0.2) is 17.4 Å². The number of carbonyl (C=O) groups is 1. The van der Waals surface area contributed by atoms with E-state index in [-0.39, 0.29) is 11.0 Å².